The summed E-state index contributed by atoms with van der Waals surface area (Å²) in [6.45, 7) is 1.16. The maximum absolute atomic E-state index is 13.2. The maximum atomic E-state index is 13.2. The van der Waals surface area contributed by atoms with Crippen LogP contribution in [0.25, 0.3) is 0 Å². The van der Waals surface area contributed by atoms with E-state index in [4.69, 9.17) is 27.9 Å². The zero-order valence-electron chi connectivity index (χ0n) is 19.3. The molecule has 1 aromatic heterocycles. The van der Waals surface area contributed by atoms with Crippen molar-refractivity contribution in [2.75, 3.05) is 32.8 Å². The molecule has 1 unspecified atom stereocenters. The fourth-order valence-corrected chi connectivity index (χ4v) is 6.69. The first-order valence-electron chi connectivity index (χ1n) is 11.7. The van der Waals surface area contributed by atoms with E-state index >= 15 is 0 Å². The van der Waals surface area contributed by atoms with Crippen LogP contribution in [0.5, 0.6) is 0 Å². The molecule has 0 aliphatic carbocycles. The number of nitrogens with zero attached hydrogens (tertiary/aromatic N) is 3. The number of sulfonamides is 1. The molecular formula is C24H29Cl2N3O5S. The first-order valence-corrected chi connectivity index (χ1v) is 13.9. The van der Waals surface area contributed by atoms with E-state index in [0.29, 0.717) is 49.6 Å². The second kappa shape index (κ2) is 11.1. The molecule has 190 valence electrons. The lowest BCUT2D eigenvalue weighted by molar-refractivity contribution is -0.141. The number of pyridine rings is 1. The third-order valence-electron chi connectivity index (χ3n) is 6.69. The van der Waals surface area contributed by atoms with Gasteiger partial charge in [-0.1, -0.05) is 35.7 Å². The second-order valence-electron chi connectivity index (χ2n) is 8.98. The van der Waals surface area contributed by atoms with Crippen molar-refractivity contribution >= 4 is 39.1 Å². The molecule has 35 heavy (non-hydrogen) atoms. The van der Waals surface area contributed by atoms with E-state index < -0.39 is 15.6 Å². The molecule has 0 radical (unpaired) electrons. The summed E-state index contributed by atoms with van der Waals surface area (Å²) in [5.74, 6) is -0.178. The van der Waals surface area contributed by atoms with Crippen LogP contribution in [0.15, 0.2) is 47.5 Å². The molecule has 2 fully saturated rings. The van der Waals surface area contributed by atoms with Crippen molar-refractivity contribution in [1.82, 2.24) is 14.2 Å². The van der Waals surface area contributed by atoms with E-state index in [-0.39, 0.29) is 35.1 Å². The molecule has 2 aromatic rings. The molecule has 2 aliphatic heterocycles. The van der Waals surface area contributed by atoms with Gasteiger partial charge >= 0.3 is 0 Å². The highest BCUT2D eigenvalue weighted by Crippen LogP contribution is 2.32. The Bertz CT molecular complexity index is 1140. The van der Waals surface area contributed by atoms with Gasteiger partial charge in [-0.3, -0.25) is 9.78 Å². The lowest BCUT2D eigenvalue weighted by atomic mass is 9.88. The highest BCUT2D eigenvalue weighted by molar-refractivity contribution is 7.89. The highest BCUT2D eigenvalue weighted by Gasteiger charge is 2.37. The number of carbonyl (C=O) groups is 1. The van der Waals surface area contributed by atoms with Crippen LogP contribution >= 0.6 is 23.2 Å². The van der Waals surface area contributed by atoms with Gasteiger partial charge in [0, 0.05) is 31.9 Å². The van der Waals surface area contributed by atoms with Gasteiger partial charge in [-0.2, -0.15) is 4.31 Å². The van der Waals surface area contributed by atoms with Crippen LogP contribution in [-0.2, 0) is 25.2 Å². The zero-order valence-corrected chi connectivity index (χ0v) is 21.6. The molecular weight excluding hydrogens is 513 g/mol. The quantitative estimate of drug-likeness (QED) is 0.576. The Morgan fingerprint density at radius 1 is 1.11 bits per heavy atom. The van der Waals surface area contributed by atoms with E-state index in [1.807, 2.05) is 6.07 Å². The first-order chi connectivity index (χ1) is 16.7. The molecule has 2 saturated heterocycles. The van der Waals surface area contributed by atoms with E-state index in [1.54, 1.807) is 23.2 Å². The van der Waals surface area contributed by atoms with Gasteiger partial charge in [0.25, 0.3) is 0 Å². The Kier molecular flexibility index (Phi) is 8.35. The van der Waals surface area contributed by atoms with Crippen molar-refractivity contribution in [2.24, 2.45) is 0 Å². The topological polar surface area (TPSA) is 100 Å². The number of halogens is 2. The van der Waals surface area contributed by atoms with Crippen LogP contribution in [0.1, 0.15) is 37.8 Å². The van der Waals surface area contributed by atoms with Crippen molar-refractivity contribution in [3.8, 4) is 0 Å². The molecule has 0 bridgehead atoms. The number of hydrogen-bond acceptors (Lipinski definition) is 6. The Morgan fingerprint density at radius 3 is 2.57 bits per heavy atom. The highest BCUT2D eigenvalue weighted by atomic mass is 35.5. The van der Waals surface area contributed by atoms with Crippen molar-refractivity contribution in [3.63, 3.8) is 0 Å². The van der Waals surface area contributed by atoms with Crippen LogP contribution in [-0.4, -0.2) is 72.5 Å². The number of piperidine rings is 2. The molecule has 11 heteroatoms. The van der Waals surface area contributed by atoms with Crippen LogP contribution in [0.3, 0.4) is 0 Å². The van der Waals surface area contributed by atoms with Crippen LogP contribution in [0.2, 0.25) is 10.0 Å². The predicted octanol–water partition coefficient (Wildman–Crippen LogP) is 3.46. The van der Waals surface area contributed by atoms with Crippen molar-refractivity contribution in [1.29, 1.82) is 0 Å². The summed E-state index contributed by atoms with van der Waals surface area (Å²) >= 11 is 12.0. The maximum Gasteiger partial charge on any atom is 0.248 e. The summed E-state index contributed by atoms with van der Waals surface area (Å²) in [5.41, 5.74) is -0.427. The average Bonchev–Trinajstić information content (AvgIpc) is 2.87. The third-order valence-corrected chi connectivity index (χ3v) is 9.38. The molecule has 1 N–H and O–H groups in total. The summed E-state index contributed by atoms with van der Waals surface area (Å²) < 4.78 is 33.6. The van der Waals surface area contributed by atoms with Crippen molar-refractivity contribution in [2.45, 2.75) is 48.6 Å². The summed E-state index contributed by atoms with van der Waals surface area (Å²) in [5, 5.41) is 11.4. The zero-order chi connectivity index (χ0) is 25.1. The smallest absolute Gasteiger partial charge is 0.248 e. The van der Waals surface area contributed by atoms with Crippen molar-refractivity contribution < 1.29 is 23.1 Å². The number of amides is 1. The summed E-state index contributed by atoms with van der Waals surface area (Å²) in [6.07, 6.45) is 4.73. The van der Waals surface area contributed by atoms with E-state index in [0.717, 1.165) is 12.8 Å². The van der Waals surface area contributed by atoms with E-state index in [2.05, 4.69) is 4.98 Å². The minimum absolute atomic E-state index is 0.0867. The molecule has 8 nitrogen and oxygen atoms in total. The molecule has 0 spiro atoms. The minimum Gasteiger partial charge on any atom is -0.383 e. The fraction of sp³-hybridized carbons (Fsp3) is 0.500. The standard InChI is InChI=1S/C24H29Cl2N3O5S/c25-20-8-7-19(15-21(20)26)35(32,33)29-12-4-2-5-18(29)16-34-17-23(30)28-13-9-24(31,10-14-28)22-6-1-3-11-27-22/h1,3,6-8,11,15,18,31H,2,4-5,9-10,12-14,16-17H2. The predicted molar refractivity (Wildman–Crippen MR) is 133 cm³/mol. The minimum atomic E-state index is -3.78. The summed E-state index contributed by atoms with van der Waals surface area (Å²) in [4.78, 5) is 18.7. The van der Waals surface area contributed by atoms with Crippen LogP contribution in [0, 0.1) is 0 Å². The second-order valence-corrected chi connectivity index (χ2v) is 11.7. The number of ether oxygens (including phenoxy) is 1. The Morgan fingerprint density at radius 2 is 1.89 bits per heavy atom. The van der Waals surface area contributed by atoms with Gasteiger partial charge in [0.15, 0.2) is 0 Å². The van der Waals surface area contributed by atoms with E-state index in [9.17, 15) is 18.3 Å². The number of aliphatic hydroxyl groups is 1. The van der Waals surface area contributed by atoms with Gasteiger partial charge in [-0.15, -0.1) is 0 Å². The average molecular weight is 542 g/mol. The number of carbonyl (C=O) groups excluding carboxylic acids is 1. The Labute approximate surface area is 215 Å². The normalized spacial score (nSPS) is 21.1. The number of benzene rings is 1. The molecule has 2 aliphatic rings. The number of rotatable bonds is 7. The summed E-state index contributed by atoms with van der Waals surface area (Å²) in [7, 11) is -3.78. The largest absolute Gasteiger partial charge is 0.383 e. The third kappa shape index (κ3) is 5.98. The van der Waals surface area contributed by atoms with Crippen molar-refractivity contribution in [3.05, 3.63) is 58.3 Å². The molecule has 4 rings (SSSR count). The van der Waals surface area contributed by atoms with Gasteiger partial charge in [-0.05, 0) is 56.0 Å². The van der Waals surface area contributed by atoms with E-state index in [1.165, 1.54) is 22.5 Å². The monoisotopic (exact) mass is 541 g/mol. The van der Waals surface area contributed by atoms with Gasteiger partial charge in [0.2, 0.25) is 15.9 Å². The van der Waals surface area contributed by atoms with Crippen LogP contribution in [0.4, 0.5) is 0 Å². The van der Waals surface area contributed by atoms with Gasteiger partial charge < -0.3 is 14.7 Å². The van der Waals surface area contributed by atoms with Gasteiger partial charge in [-0.25, -0.2) is 8.42 Å². The lowest BCUT2D eigenvalue weighted by Crippen LogP contribution is -2.48. The Hall–Kier alpha value is -1.75. The number of likely N-dealkylation sites (tertiary alicyclic amines) is 1. The van der Waals surface area contributed by atoms with Gasteiger partial charge in [0.05, 0.1) is 27.2 Å². The molecule has 1 amide bonds. The lowest BCUT2D eigenvalue weighted by Gasteiger charge is -2.38. The van der Waals surface area contributed by atoms with Crippen LogP contribution < -0.4 is 0 Å². The molecule has 1 aromatic carbocycles. The first kappa shape index (κ1) is 26.3. The molecule has 3 heterocycles. The molecule has 0 saturated carbocycles. The van der Waals surface area contributed by atoms with Gasteiger partial charge in [0.1, 0.15) is 12.2 Å². The fourth-order valence-electron chi connectivity index (χ4n) is 4.62. The molecule has 1 atom stereocenters. The Balaban J connectivity index is 1.31. The summed E-state index contributed by atoms with van der Waals surface area (Å²) in [6, 6.07) is 9.33. The SMILES string of the molecule is O=C(COCC1CCCCN1S(=O)(=O)c1ccc(Cl)c(Cl)c1)N1CCC(O)(c2ccccn2)CC1. The number of aromatic nitrogens is 1. The number of hydrogen-bond donors (Lipinski definition) is 1.